The molecule has 1 aliphatic rings. The van der Waals surface area contributed by atoms with Gasteiger partial charge in [-0.3, -0.25) is 5.84 Å². The Bertz CT molecular complexity index is 363. The maximum absolute atomic E-state index is 5.55. The second kappa shape index (κ2) is 4.69. The molecule has 0 fully saturated rings. The fourth-order valence-electron chi connectivity index (χ4n) is 1.60. The number of hydrogen-bond donors (Lipinski definition) is 2. The Morgan fingerprint density at radius 3 is 3.20 bits per heavy atom. The van der Waals surface area contributed by atoms with Crippen LogP contribution in [0.15, 0.2) is 11.8 Å². The third kappa shape index (κ3) is 2.01. The maximum Gasteiger partial charge on any atom is 0.116 e. The SMILES string of the molecule is CCc1nnsc1C(NN)C1=CCCO1. The summed E-state index contributed by atoms with van der Waals surface area (Å²) in [5.74, 6) is 6.43. The lowest BCUT2D eigenvalue weighted by Gasteiger charge is -2.15. The zero-order chi connectivity index (χ0) is 10.7. The zero-order valence-corrected chi connectivity index (χ0v) is 9.38. The fourth-order valence-corrected chi connectivity index (χ4v) is 2.41. The third-order valence-corrected chi connectivity index (χ3v) is 3.20. The Kier molecular flexibility index (Phi) is 3.30. The van der Waals surface area contributed by atoms with E-state index >= 15 is 0 Å². The minimum atomic E-state index is -0.0950. The van der Waals surface area contributed by atoms with E-state index in [0.717, 1.165) is 35.8 Å². The molecular weight excluding hydrogens is 212 g/mol. The van der Waals surface area contributed by atoms with Crippen molar-refractivity contribution in [1.82, 2.24) is 15.0 Å². The van der Waals surface area contributed by atoms with Crippen LogP contribution in [0.3, 0.4) is 0 Å². The molecule has 1 atom stereocenters. The predicted octanol–water partition coefficient (Wildman–Crippen LogP) is 0.909. The van der Waals surface area contributed by atoms with E-state index in [1.807, 2.05) is 0 Å². The van der Waals surface area contributed by atoms with E-state index in [1.54, 1.807) is 0 Å². The Hall–Kier alpha value is -0.980. The van der Waals surface area contributed by atoms with Gasteiger partial charge in [-0.2, -0.15) is 0 Å². The molecule has 15 heavy (non-hydrogen) atoms. The Morgan fingerprint density at radius 1 is 1.73 bits per heavy atom. The first-order chi connectivity index (χ1) is 7.36. The number of rotatable bonds is 4. The first-order valence-electron chi connectivity index (χ1n) is 4.97. The highest BCUT2D eigenvalue weighted by atomic mass is 32.1. The first-order valence-corrected chi connectivity index (χ1v) is 5.74. The van der Waals surface area contributed by atoms with Crippen LogP contribution in [-0.4, -0.2) is 16.2 Å². The lowest BCUT2D eigenvalue weighted by atomic mass is 10.1. The summed E-state index contributed by atoms with van der Waals surface area (Å²) in [6, 6.07) is -0.0950. The molecule has 2 rings (SSSR count). The number of hydrogen-bond acceptors (Lipinski definition) is 6. The number of aromatic nitrogens is 2. The number of hydrazine groups is 1. The van der Waals surface area contributed by atoms with E-state index < -0.39 is 0 Å². The van der Waals surface area contributed by atoms with Gasteiger partial charge in [0.15, 0.2) is 0 Å². The van der Waals surface area contributed by atoms with Crippen molar-refractivity contribution in [2.75, 3.05) is 6.61 Å². The molecule has 0 amide bonds. The molecule has 0 saturated heterocycles. The molecule has 0 saturated carbocycles. The summed E-state index contributed by atoms with van der Waals surface area (Å²) < 4.78 is 9.45. The van der Waals surface area contributed by atoms with Gasteiger partial charge in [0.05, 0.1) is 17.2 Å². The lowest BCUT2D eigenvalue weighted by Crippen LogP contribution is -2.29. The third-order valence-electron chi connectivity index (χ3n) is 2.37. The van der Waals surface area contributed by atoms with Crippen LogP contribution in [0.25, 0.3) is 0 Å². The fraction of sp³-hybridized carbons (Fsp3) is 0.556. The summed E-state index contributed by atoms with van der Waals surface area (Å²) in [5.41, 5.74) is 3.74. The zero-order valence-electron chi connectivity index (χ0n) is 8.56. The van der Waals surface area contributed by atoms with Gasteiger partial charge in [-0.1, -0.05) is 11.4 Å². The minimum absolute atomic E-state index is 0.0950. The van der Waals surface area contributed by atoms with Crippen LogP contribution >= 0.6 is 11.5 Å². The van der Waals surface area contributed by atoms with Gasteiger partial charge in [0, 0.05) is 6.42 Å². The van der Waals surface area contributed by atoms with Gasteiger partial charge < -0.3 is 4.74 Å². The van der Waals surface area contributed by atoms with E-state index in [2.05, 4.69) is 28.0 Å². The standard InChI is InChI=1S/C9H14N4OS/c1-2-6-9(15-13-12-6)8(11-10)7-4-3-5-14-7/h4,8,11H,2-3,5,10H2,1H3. The molecule has 1 aliphatic heterocycles. The van der Waals surface area contributed by atoms with Gasteiger partial charge in [0.1, 0.15) is 11.8 Å². The highest BCUT2D eigenvalue weighted by Crippen LogP contribution is 2.29. The number of nitrogens with zero attached hydrogens (tertiary/aromatic N) is 2. The number of nitrogens with two attached hydrogens (primary N) is 1. The highest BCUT2D eigenvalue weighted by molar-refractivity contribution is 7.05. The van der Waals surface area contributed by atoms with Crippen molar-refractivity contribution in [2.24, 2.45) is 5.84 Å². The molecule has 0 aromatic carbocycles. The number of nitrogens with one attached hydrogen (secondary N) is 1. The molecule has 1 unspecified atom stereocenters. The van der Waals surface area contributed by atoms with Crippen molar-refractivity contribution in [1.29, 1.82) is 0 Å². The van der Waals surface area contributed by atoms with Crippen molar-refractivity contribution in [3.8, 4) is 0 Å². The van der Waals surface area contributed by atoms with Crippen LogP contribution in [-0.2, 0) is 11.2 Å². The minimum Gasteiger partial charge on any atom is -0.496 e. The van der Waals surface area contributed by atoms with Crippen LogP contribution in [0.2, 0.25) is 0 Å². The average Bonchev–Trinajstić information content (AvgIpc) is 2.89. The maximum atomic E-state index is 5.55. The van der Waals surface area contributed by atoms with E-state index in [4.69, 9.17) is 10.6 Å². The molecule has 2 heterocycles. The molecule has 82 valence electrons. The van der Waals surface area contributed by atoms with Crippen LogP contribution in [0.5, 0.6) is 0 Å². The smallest absolute Gasteiger partial charge is 0.116 e. The van der Waals surface area contributed by atoms with Gasteiger partial charge in [0.2, 0.25) is 0 Å². The average molecular weight is 226 g/mol. The molecule has 1 aromatic heterocycles. The molecule has 3 N–H and O–H groups in total. The summed E-state index contributed by atoms with van der Waals surface area (Å²) >= 11 is 1.37. The van der Waals surface area contributed by atoms with Crippen molar-refractivity contribution in [2.45, 2.75) is 25.8 Å². The van der Waals surface area contributed by atoms with Gasteiger partial charge in [-0.15, -0.1) is 5.10 Å². The summed E-state index contributed by atoms with van der Waals surface area (Å²) in [7, 11) is 0. The molecule has 0 radical (unpaired) electrons. The van der Waals surface area contributed by atoms with Crippen LogP contribution in [0.1, 0.15) is 30.0 Å². The number of ether oxygens (including phenoxy) is 1. The van der Waals surface area contributed by atoms with Crippen molar-refractivity contribution in [3.63, 3.8) is 0 Å². The molecule has 5 nitrogen and oxygen atoms in total. The lowest BCUT2D eigenvalue weighted by molar-refractivity contribution is 0.216. The predicted molar refractivity (Wildman–Crippen MR) is 58.0 cm³/mol. The van der Waals surface area contributed by atoms with E-state index in [-0.39, 0.29) is 6.04 Å². The first kappa shape index (κ1) is 10.5. The van der Waals surface area contributed by atoms with Gasteiger partial charge in [-0.05, 0) is 24.0 Å². The van der Waals surface area contributed by atoms with E-state index in [0.29, 0.717) is 0 Å². The summed E-state index contributed by atoms with van der Waals surface area (Å²) in [5, 5.41) is 4.07. The van der Waals surface area contributed by atoms with Crippen molar-refractivity contribution < 1.29 is 4.74 Å². The van der Waals surface area contributed by atoms with Crippen LogP contribution < -0.4 is 11.3 Å². The topological polar surface area (TPSA) is 73.1 Å². The molecule has 0 aliphatic carbocycles. The second-order valence-corrected chi connectivity index (χ2v) is 4.07. The van der Waals surface area contributed by atoms with Crippen molar-refractivity contribution >= 4 is 11.5 Å². The van der Waals surface area contributed by atoms with Gasteiger partial charge in [-0.25, -0.2) is 5.43 Å². The quantitative estimate of drug-likeness (QED) is 0.589. The second-order valence-electron chi connectivity index (χ2n) is 3.28. The van der Waals surface area contributed by atoms with Crippen molar-refractivity contribution in [3.05, 3.63) is 22.4 Å². The molecule has 0 bridgehead atoms. The molecule has 6 heteroatoms. The molecule has 1 aromatic rings. The van der Waals surface area contributed by atoms with E-state index in [1.165, 1.54) is 11.5 Å². The summed E-state index contributed by atoms with van der Waals surface area (Å²) in [4.78, 5) is 1.05. The normalized spacial score (nSPS) is 17.3. The summed E-state index contributed by atoms with van der Waals surface area (Å²) in [6.45, 7) is 2.79. The van der Waals surface area contributed by atoms with Crippen LogP contribution in [0.4, 0.5) is 0 Å². The van der Waals surface area contributed by atoms with Gasteiger partial charge >= 0.3 is 0 Å². The van der Waals surface area contributed by atoms with E-state index in [9.17, 15) is 0 Å². The highest BCUT2D eigenvalue weighted by Gasteiger charge is 2.24. The Morgan fingerprint density at radius 2 is 2.60 bits per heavy atom. The molecular formula is C9H14N4OS. The largest absolute Gasteiger partial charge is 0.496 e. The summed E-state index contributed by atoms with van der Waals surface area (Å²) in [6.07, 6.45) is 3.86. The monoisotopic (exact) mass is 226 g/mol. The van der Waals surface area contributed by atoms with Gasteiger partial charge in [0.25, 0.3) is 0 Å². The van der Waals surface area contributed by atoms with Crippen LogP contribution in [0, 0.1) is 0 Å². The number of aryl methyl sites for hydroxylation is 1. The molecule has 0 spiro atoms. The Labute approximate surface area is 92.5 Å². The Balaban J connectivity index is 2.26.